The first-order valence-electron chi connectivity index (χ1n) is 8.99. The molecule has 1 heterocycles. The van der Waals surface area contributed by atoms with Crippen LogP contribution in [0.1, 0.15) is 28.4 Å². The van der Waals surface area contributed by atoms with E-state index >= 15 is 0 Å². The van der Waals surface area contributed by atoms with Crippen LogP contribution in [0.15, 0.2) is 47.5 Å². The molecule has 0 unspecified atom stereocenters. The number of hydrogen-bond acceptors (Lipinski definition) is 4. The molecule has 0 fully saturated rings. The van der Waals surface area contributed by atoms with Crippen molar-refractivity contribution in [3.8, 4) is 5.75 Å². The lowest BCUT2D eigenvalue weighted by Crippen LogP contribution is -2.24. The minimum Gasteiger partial charge on any atom is -0.495 e. The van der Waals surface area contributed by atoms with Crippen LogP contribution in [0.2, 0.25) is 0 Å². The maximum atomic E-state index is 13.4. The number of carbonyl (C=O) groups excluding carboxylic acids is 1. The predicted molar refractivity (Wildman–Crippen MR) is 107 cm³/mol. The molecule has 1 aromatic heterocycles. The third-order valence-electron chi connectivity index (χ3n) is 4.29. The topological polar surface area (TPSA) is 51.2 Å². The van der Waals surface area contributed by atoms with E-state index < -0.39 is 23.5 Å². The molecule has 30 heavy (non-hydrogen) atoms. The summed E-state index contributed by atoms with van der Waals surface area (Å²) in [6.07, 6.45) is -4.51. The van der Waals surface area contributed by atoms with Gasteiger partial charge in [0, 0.05) is 11.9 Å². The Balaban J connectivity index is 2.05. The summed E-state index contributed by atoms with van der Waals surface area (Å²) < 4.78 is 58.0. The zero-order valence-corrected chi connectivity index (χ0v) is 17.0. The van der Waals surface area contributed by atoms with E-state index in [1.807, 2.05) is 6.92 Å². The molecule has 1 N–H and O–H groups in total. The molecule has 0 aliphatic carbocycles. The molecule has 4 nitrogen and oxygen atoms in total. The highest BCUT2D eigenvalue weighted by Gasteiger charge is 2.31. The van der Waals surface area contributed by atoms with E-state index in [0.29, 0.717) is 16.7 Å². The summed E-state index contributed by atoms with van der Waals surface area (Å²) in [5.74, 6) is -0.248. The molecule has 0 aliphatic rings. The third-order valence-corrected chi connectivity index (χ3v) is 5.14. The Kier molecular flexibility index (Phi) is 6.50. The normalized spacial score (nSPS) is 11.5. The van der Waals surface area contributed by atoms with Gasteiger partial charge in [0.05, 0.1) is 18.2 Å². The Morgan fingerprint density at radius 1 is 1.20 bits per heavy atom. The number of fused-ring (bicyclic) bond motifs is 1. The maximum Gasteiger partial charge on any atom is 0.416 e. The fourth-order valence-corrected chi connectivity index (χ4v) is 3.73. The first kappa shape index (κ1) is 21.9. The van der Waals surface area contributed by atoms with Gasteiger partial charge in [0.2, 0.25) is 0 Å². The number of thioether (sulfide) groups is 1. The molecule has 0 saturated carbocycles. The summed E-state index contributed by atoms with van der Waals surface area (Å²) in [5.41, 5.74) is -0.0526. The van der Waals surface area contributed by atoms with Crippen molar-refractivity contribution in [3.05, 3.63) is 65.0 Å². The second-order valence-electron chi connectivity index (χ2n) is 6.30. The standard InChI is InChI=1S/C21H18F4N2O2S/c1-3-30-20-17(19(28)26-11-12-5-4-6-14(22)9-12)18(29-2)15-8-7-13(21(23,24)25)10-16(15)27-20/h4-10H,3,11H2,1-2H3,(H,26,28). The van der Waals surface area contributed by atoms with Gasteiger partial charge < -0.3 is 10.1 Å². The number of methoxy groups -OCH3 is 1. The summed E-state index contributed by atoms with van der Waals surface area (Å²) in [4.78, 5) is 17.2. The van der Waals surface area contributed by atoms with Crippen molar-refractivity contribution in [3.63, 3.8) is 0 Å². The van der Waals surface area contributed by atoms with E-state index in [1.165, 1.54) is 43.1 Å². The average Bonchev–Trinajstić information content (AvgIpc) is 2.70. The lowest BCUT2D eigenvalue weighted by Gasteiger charge is -2.16. The fourth-order valence-electron chi connectivity index (χ4n) is 2.96. The number of nitrogens with zero attached hydrogens (tertiary/aromatic N) is 1. The van der Waals surface area contributed by atoms with Crippen molar-refractivity contribution in [1.82, 2.24) is 10.3 Å². The van der Waals surface area contributed by atoms with Crippen LogP contribution >= 0.6 is 11.8 Å². The second kappa shape index (κ2) is 8.91. The van der Waals surface area contributed by atoms with Gasteiger partial charge in [-0.15, -0.1) is 11.8 Å². The van der Waals surface area contributed by atoms with Gasteiger partial charge in [-0.3, -0.25) is 4.79 Å². The smallest absolute Gasteiger partial charge is 0.416 e. The highest BCUT2D eigenvalue weighted by Crippen LogP contribution is 2.38. The van der Waals surface area contributed by atoms with E-state index in [2.05, 4.69) is 10.3 Å². The predicted octanol–water partition coefficient (Wildman–Crippen LogP) is 5.44. The molecule has 0 saturated heterocycles. The molecule has 0 spiro atoms. The number of ether oxygens (including phenoxy) is 1. The molecule has 1 amide bonds. The van der Waals surface area contributed by atoms with Crippen LogP contribution < -0.4 is 10.1 Å². The molecule has 0 bridgehead atoms. The molecule has 2 aromatic carbocycles. The number of rotatable bonds is 6. The first-order chi connectivity index (χ1) is 14.2. The largest absolute Gasteiger partial charge is 0.495 e. The Bertz CT molecular complexity index is 1090. The quantitative estimate of drug-likeness (QED) is 0.411. The Morgan fingerprint density at radius 3 is 2.60 bits per heavy atom. The van der Waals surface area contributed by atoms with Crippen LogP contribution in [-0.2, 0) is 12.7 Å². The van der Waals surface area contributed by atoms with Gasteiger partial charge in [0.25, 0.3) is 5.91 Å². The maximum absolute atomic E-state index is 13.4. The van der Waals surface area contributed by atoms with Crippen LogP contribution in [0.25, 0.3) is 10.9 Å². The van der Waals surface area contributed by atoms with Gasteiger partial charge in [0.15, 0.2) is 0 Å². The molecule has 3 rings (SSSR count). The van der Waals surface area contributed by atoms with E-state index in [4.69, 9.17) is 4.74 Å². The Labute approximate surface area is 174 Å². The third kappa shape index (κ3) is 4.67. The minimum absolute atomic E-state index is 0.0705. The number of amides is 1. The zero-order chi connectivity index (χ0) is 21.9. The number of carbonyl (C=O) groups is 1. The van der Waals surface area contributed by atoms with Crippen LogP contribution in [0.5, 0.6) is 5.75 Å². The number of alkyl halides is 3. The summed E-state index contributed by atoms with van der Waals surface area (Å²) in [6.45, 7) is 1.91. The number of hydrogen-bond donors (Lipinski definition) is 1. The van der Waals surface area contributed by atoms with Crippen molar-refractivity contribution in [2.75, 3.05) is 12.9 Å². The molecule has 9 heteroatoms. The zero-order valence-electron chi connectivity index (χ0n) is 16.1. The number of pyridine rings is 1. The van der Waals surface area contributed by atoms with Gasteiger partial charge in [-0.2, -0.15) is 13.2 Å². The highest BCUT2D eigenvalue weighted by molar-refractivity contribution is 7.99. The van der Waals surface area contributed by atoms with E-state index in [1.54, 1.807) is 6.07 Å². The van der Waals surface area contributed by atoms with Gasteiger partial charge >= 0.3 is 6.18 Å². The number of halogens is 4. The summed E-state index contributed by atoms with van der Waals surface area (Å²) >= 11 is 1.22. The summed E-state index contributed by atoms with van der Waals surface area (Å²) in [7, 11) is 1.34. The Hall–Kier alpha value is -2.81. The van der Waals surface area contributed by atoms with E-state index in [0.717, 1.165) is 12.1 Å². The fraction of sp³-hybridized carbons (Fsp3) is 0.238. The van der Waals surface area contributed by atoms with Gasteiger partial charge in [0.1, 0.15) is 22.2 Å². The average molecular weight is 438 g/mol. The van der Waals surface area contributed by atoms with Crippen molar-refractivity contribution >= 4 is 28.6 Å². The lowest BCUT2D eigenvalue weighted by molar-refractivity contribution is -0.137. The van der Waals surface area contributed by atoms with Crippen LogP contribution in [0.4, 0.5) is 17.6 Å². The van der Waals surface area contributed by atoms with Gasteiger partial charge in [-0.25, -0.2) is 9.37 Å². The summed E-state index contributed by atoms with van der Waals surface area (Å²) in [6, 6.07) is 8.90. The molecule has 158 valence electrons. The highest BCUT2D eigenvalue weighted by atomic mass is 32.2. The monoisotopic (exact) mass is 438 g/mol. The Morgan fingerprint density at radius 2 is 1.97 bits per heavy atom. The van der Waals surface area contributed by atoms with Crippen molar-refractivity contribution in [2.24, 2.45) is 0 Å². The van der Waals surface area contributed by atoms with Crippen LogP contribution in [0, 0.1) is 5.82 Å². The number of benzene rings is 2. The minimum atomic E-state index is -4.51. The molecule has 0 atom stereocenters. The first-order valence-corrected chi connectivity index (χ1v) is 9.97. The molecule has 3 aromatic rings. The summed E-state index contributed by atoms with van der Waals surface area (Å²) in [5, 5.41) is 3.25. The molecule has 0 radical (unpaired) electrons. The van der Waals surface area contributed by atoms with Crippen molar-refractivity contribution < 1.29 is 27.1 Å². The SMILES string of the molecule is CCSc1nc2cc(C(F)(F)F)ccc2c(OC)c1C(=O)NCc1cccc(F)c1. The van der Waals surface area contributed by atoms with E-state index in [-0.39, 0.29) is 28.4 Å². The molecular weight excluding hydrogens is 420 g/mol. The van der Waals surface area contributed by atoms with Crippen LogP contribution in [-0.4, -0.2) is 23.8 Å². The molecular formula is C21H18F4N2O2S. The molecule has 0 aliphatic heterocycles. The van der Waals surface area contributed by atoms with E-state index in [9.17, 15) is 22.4 Å². The number of nitrogens with one attached hydrogen (secondary N) is 1. The second-order valence-corrected chi connectivity index (χ2v) is 7.55. The van der Waals surface area contributed by atoms with Crippen molar-refractivity contribution in [1.29, 1.82) is 0 Å². The lowest BCUT2D eigenvalue weighted by atomic mass is 10.1. The number of aromatic nitrogens is 1. The van der Waals surface area contributed by atoms with Gasteiger partial charge in [-0.1, -0.05) is 19.1 Å². The van der Waals surface area contributed by atoms with Crippen molar-refractivity contribution in [2.45, 2.75) is 24.7 Å². The van der Waals surface area contributed by atoms with Crippen LogP contribution in [0.3, 0.4) is 0 Å². The van der Waals surface area contributed by atoms with Gasteiger partial charge in [-0.05, 0) is 41.6 Å².